The van der Waals surface area contributed by atoms with Crippen molar-refractivity contribution in [3.05, 3.63) is 64.0 Å². The molecule has 3 fully saturated rings. The fourth-order valence-electron chi connectivity index (χ4n) is 6.33. The highest BCUT2D eigenvalue weighted by Crippen LogP contribution is 2.44. The normalized spacial score (nSPS) is 21.9. The van der Waals surface area contributed by atoms with Crippen LogP contribution < -0.4 is 9.64 Å². The summed E-state index contributed by atoms with van der Waals surface area (Å²) in [5.74, 6) is -0.0153. The molecule has 10 heteroatoms. The van der Waals surface area contributed by atoms with Gasteiger partial charge in [0.25, 0.3) is 5.91 Å². The van der Waals surface area contributed by atoms with Gasteiger partial charge < -0.3 is 24.4 Å². The van der Waals surface area contributed by atoms with Crippen LogP contribution in [0.4, 0.5) is 5.13 Å². The van der Waals surface area contributed by atoms with Gasteiger partial charge in [0.15, 0.2) is 5.13 Å². The van der Waals surface area contributed by atoms with Gasteiger partial charge in [-0.2, -0.15) is 5.26 Å². The van der Waals surface area contributed by atoms with E-state index in [4.69, 9.17) is 14.5 Å². The quantitative estimate of drug-likeness (QED) is 0.437. The van der Waals surface area contributed by atoms with Crippen LogP contribution in [0, 0.1) is 36.0 Å². The van der Waals surface area contributed by atoms with Crippen molar-refractivity contribution < 1.29 is 24.2 Å². The minimum atomic E-state index is -0.670. The van der Waals surface area contributed by atoms with E-state index in [0.29, 0.717) is 48.7 Å². The first-order chi connectivity index (χ1) is 19.9. The van der Waals surface area contributed by atoms with Crippen molar-refractivity contribution in [3.8, 4) is 23.1 Å². The van der Waals surface area contributed by atoms with Crippen LogP contribution in [0.2, 0.25) is 0 Å². The summed E-state index contributed by atoms with van der Waals surface area (Å²) in [5, 5.41) is 22.4. The second kappa shape index (κ2) is 11.5. The molecule has 1 amide bonds. The van der Waals surface area contributed by atoms with Gasteiger partial charge in [0, 0.05) is 48.2 Å². The Bertz CT molecular complexity index is 1490. The number of benzene rings is 2. The fraction of sp³-hybridized carbons (Fsp3) is 0.419. The molecule has 3 aliphatic rings. The summed E-state index contributed by atoms with van der Waals surface area (Å²) in [5.41, 5.74) is 4.35. The zero-order chi connectivity index (χ0) is 28.5. The lowest BCUT2D eigenvalue weighted by atomic mass is 9.85. The van der Waals surface area contributed by atoms with E-state index in [2.05, 4.69) is 11.0 Å². The number of hydrogen-bond donors (Lipinski definition) is 1. The van der Waals surface area contributed by atoms with E-state index in [-0.39, 0.29) is 30.3 Å². The molecule has 3 aromatic rings. The van der Waals surface area contributed by atoms with Gasteiger partial charge in [0.05, 0.1) is 36.5 Å². The van der Waals surface area contributed by atoms with Gasteiger partial charge in [-0.1, -0.05) is 17.7 Å². The molecule has 2 bridgehead atoms. The number of nitriles is 1. The Kier molecular flexibility index (Phi) is 7.65. The number of anilines is 1. The van der Waals surface area contributed by atoms with E-state index in [1.165, 1.54) is 0 Å². The van der Waals surface area contributed by atoms with Crippen LogP contribution in [0.5, 0.6) is 5.75 Å². The number of nitrogens with zero attached hydrogens (tertiary/aromatic N) is 4. The van der Waals surface area contributed by atoms with E-state index in [1.807, 2.05) is 30.5 Å². The Morgan fingerprint density at radius 1 is 1.15 bits per heavy atom. The number of amides is 1. The molecule has 1 aliphatic carbocycles. The molecule has 9 nitrogen and oxygen atoms in total. The SMILES string of the molecule is Cc1ccc(OCc2ccc(C(=O)N3CCOCC3)cc2C#N)c(-c2csc(N3CC4CC[C@H](C3)[C@@H]4C(=O)O)n2)c1. The average Bonchev–Trinajstić information content (AvgIpc) is 3.59. The standard InChI is InChI=1S/C31H32N4O5S/c1-19-2-7-27(40-17-23-6-3-20(13-24(23)14-32)29(36)34-8-10-39-11-9-34)25(12-19)26-18-41-31(33-26)35-15-21-4-5-22(16-35)28(21)30(37)38/h2-3,6-7,12-13,18,21-22,28H,4-5,8-11,15-17H2,1H3,(H,37,38)/t21-,22?,28+/m1/s1. The number of rotatable bonds is 7. The maximum atomic E-state index is 12.9. The maximum Gasteiger partial charge on any atom is 0.307 e. The molecule has 2 aromatic carbocycles. The molecule has 3 atom stereocenters. The Hall–Kier alpha value is -3.94. The smallest absolute Gasteiger partial charge is 0.307 e. The number of carbonyl (C=O) groups is 2. The third-order valence-corrected chi connectivity index (χ3v) is 9.35. The minimum absolute atomic E-state index is 0.0994. The number of ether oxygens (including phenoxy) is 2. The summed E-state index contributed by atoms with van der Waals surface area (Å²) >= 11 is 1.57. The number of aliphatic carboxylic acids is 1. The van der Waals surface area contributed by atoms with Crippen molar-refractivity contribution in [2.24, 2.45) is 17.8 Å². The Labute approximate surface area is 242 Å². The van der Waals surface area contributed by atoms with Gasteiger partial charge in [-0.3, -0.25) is 9.59 Å². The van der Waals surface area contributed by atoms with Crippen LogP contribution in [0.15, 0.2) is 41.8 Å². The third kappa shape index (κ3) is 5.52. The fourth-order valence-corrected chi connectivity index (χ4v) is 7.17. The second-order valence-corrected chi connectivity index (χ2v) is 11.9. The highest BCUT2D eigenvalue weighted by Gasteiger charge is 2.46. The lowest BCUT2D eigenvalue weighted by molar-refractivity contribution is -0.144. The number of aryl methyl sites for hydroxylation is 1. The van der Waals surface area contributed by atoms with Crippen LogP contribution in [0.1, 0.15) is 39.9 Å². The van der Waals surface area contributed by atoms with Gasteiger partial charge in [-0.05, 0) is 55.9 Å². The van der Waals surface area contributed by atoms with Crippen molar-refractivity contribution in [2.45, 2.75) is 26.4 Å². The van der Waals surface area contributed by atoms with Crippen LogP contribution in [0.25, 0.3) is 11.3 Å². The predicted molar refractivity (Wildman–Crippen MR) is 154 cm³/mol. The summed E-state index contributed by atoms with van der Waals surface area (Å²) in [6.45, 7) is 5.76. The summed E-state index contributed by atoms with van der Waals surface area (Å²) in [7, 11) is 0. The van der Waals surface area contributed by atoms with Gasteiger partial charge in [-0.15, -0.1) is 11.3 Å². The number of fused-ring (bicyclic) bond motifs is 2. The number of thiazole rings is 1. The maximum absolute atomic E-state index is 12.9. The molecule has 212 valence electrons. The topological polar surface area (TPSA) is 116 Å². The number of carboxylic acid groups (broad SMARTS) is 1. The minimum Gasteiger partial charge on any atom is -0.488 e. The summed E-state index contributed by atoms with van der Waals surface area (Å²) in [6, 6.07) is 13.3. The molecule has 41 heavy (non-hydrogen) atoms. The van der Waals surface area contributed by atoms with Crippen molar-refractivity contribution in [2.75, 3.05) is 44.3 Å². The van der Waals surface area contributed by atoms with Crippen molar-refractivity contribution in [1.29, 1.82) is 5.26 Å². The third-order valence-electron chi connectivity index (χ3n) is 8.45. The number of morpholine rings is 1. The summed E-state index contributed by atoms with van der Waals surface area (Å²) < 4.78 is 11.6. The molecule has 0 spiro atoms. The average molecular weight is 573 g/mol. The van der Waals surface area contributed by atoms with E-state index in [9.17, 15) is 20.0 Å². The Balaban J connectivity index is 1.18. The predicted octanol–water partition coefficient (Wildman–Crippen LogP) is 4.59. The van der Waals surface area contributed by atoms with Gasteiger partial charge >= 0.3 is 5.97 Å². The van der Waals surface area contributed by atoms with E-state index in [1.54, 1.807) is 34.4 Å². The highest BCUT2D eigenvalue weighted by molar-refractivity contribution is 7.14. The molecular weight excluding hydrogens is 540 g/mol. The van der Waals surface area contributed by atoms with Crippen LogP contribution >= 0.6 is 11.3 Å². The van der Waals surface area contributed by atoms with Crippen molar-refractivity contribution >= 4 is 28.3 Å². The molecule has 2 aliphatic heterocycles. The van der Waals surface area contributed by atoms with Crippen molar-refractivity contribution in [1.82, 2.24) is 9.88 Å². The molecule has 2 saturated heterocycles. The number of carbonyl (C=O) groups excluding carboxylic acids is 1. The monoisotopic (exact) mass is 572 g/mol. The molecule has 1 unspecified atom stereocenters. The van der Waals surface area contributed by atoms with Crippen LogP contribution in [-0.4, -0.2) is 66.3 Å². The summed E-state index contributed by atoms with van der Waals surface area (Å²) in [4.78, 5) is 33.6. The first-order valence-corrected chi connectivity index (χ1v) is 14.9. The highest BCUT2D eigenvalue weighted by atomic mass is 32.1. The molecular formula is C31H32N4O5S. The zero-order valence-corrected chi connectivity index (χ0v) is 23.7. The molecule has 6 rings (SSSR count). The van der Waals surface area contributed by atoms with E-state index in [0.717, 1.165) is 47.9 Å². The van der Waals surface area contributed by atoms with Crippen LogP contribution in [-0.2, 0) is 16.1 Å². The number of carboxylic acids is 1. The van der Waals surface area contributed by atoms with Gasteiger partial charge in [0.1, 0.15) is 12.4 Å². The van der Waals surface area contributed by atoms with E-state index >= 15 is 0 Å². The lowest BCUT2D eigenvalue weighted by Crippen LogP contribution is -2.44. The van der Waals surface area contributed by atoms with Crippen molar-refractivity contribution in [3.63, 3.8) is 0 Å². The first-order valence-electron chi connectivity index (χ1n) is 14.0. The lowest BCUT2D eigenvalue weighted by Gasteiger charge is -2.35. The van der Waals surface area contributed by atoms with Gasteiger partial charge in [-0.25, -0.2) is 4.98 Å². The summed E-state index contributed by atoms with van der Waals surface area (Å²) in [6.07, 6.45) is 1.92. The molecule has 1 aromatic heterocycles. The number of aromatic nitrogens is 1. The first kappa shape index (κ1) is 27.2. The number of piperidine rings is 1. The largest absolute Gasteiger partial charge is 0.488 e. The van der Waals surface area contributed by atoms with Crippen LogP contribution in [0.3, 0.4) is 0 Å². The Morgan fingerprint density at radius 3 is 2.61 bits per heavy atom. The molecule has 1 saturated carbocycles. The molecule has 1 N–H and O–H groups in total. The number of hydrogen-bond acceptors (Lipinski definition) is 8. The van der Waals surface area contributed by atoms with Gasteiger partial charge in [0.2, 0.25) is 0 Å². The molecule has 3 heterocycles. The second-order valence-electron chi connectivity index (χ2n) is 11.1. The van der Waals surface area contributed by atoms with E-state index < -0.39 is 5.97 Å². The molecule has 0 radical (unpaired) electrons. The zero-order valence-electron chi connectivity index (χ0n) is 22.9. The Morgan fingerprint density at radius 2 is 1.90 bits per heavy atom.